The number of carbonyl (C=O) groups excluding carboxylic acids is 1. The number of benzene rings is 1. The van der Waals surface area contributed by atoms with Gasteiger partial charge in [0.15, 0.2) is 5.78 Å². The molecule has 1 aromatic rings. The molecular formula is C11H11Cl3O2. The molecule has 88 valence electrons. The summed E-state index contributed by atoms with van der Waals surface area (Å²) in [7, 11) is 1.47. The first-order chi connectivity index (χ1) is 7.51. The van der Waals surface area contributed by atoms with Crippen LogP contribution in [-0.2, 0) is 0 Å². The molecule has 1 atom stereocenters. The summed E-state index contributed by atoms with van der Waals surface area (Å²) in [4.78, 5) is 11.9. The van der Waals surface area contributed by atoms with E-state index in [-0.39, 0.29) is 10.8 Å². The van der Waals surface area contributed by atoms with E-state index in [4.69, 9.17) is 39.5 Å². The lowest BCUT2D eigenvalue weighted by Crippen LogP contribution is -2.14. The van der Waals surface area contributed by atoms with Crippen molar-refractivity contribution in [2.24, 2.45) is 0 Å². The predicted molar refractivity (Wildman–Crippen MR) is 67.3 cm³/mol. The Morgan fingerprint density at radius 1 is 1.38 bits per heavy atom. The SMILES string of the molecule is CCC(Cl)C(=O)c1cc(OC)c(Cl)cc1Cl. The molecule has 0 saturated carbocycles. The summed E-state index contributed by atoms with van der Waals surface area (Å²) in [5.41, 5.74) is 0.338. The Morgan fingerprint density at radius 3 is 2.50 bits per heavy atom. The van der Waals surface area contributed by atoms with Gasteiger partial charge < -0.3 is 4.74 Å². The minimum atomic E-state index is -0.580. The number of ether oxygens (including phenoxy) is 1. The Bertz CT molecular complexity index is 404. The van der Waals surface area contributed by atoms with Crippen LogP contribution in [-0.4, -0.2) is 18.3 Å². The third kappa shape index (κ3) is 2.82. The molecule has 0 radical (unpaired) electrons. The molecule has 0 bridgehead atoms. The Hall–Kier alpha value is -0.440. The van der Waals surface area contributed by atoms with Gasteiger partial charge in [0.2, 0.25) is 0 Å². The van der Waals surface area contributed by atoms with Crippen molar-refractivity contribution in [3.05, 3.63) is 27.7 Å². The van der Waals surface area contributed by atoms with Crippen LogP contribution in [0.1, 0.15) is 23.7 Å². The van der Waals surface area contributed by atoms with Crippen LogP contribution in [0.5, 0.6) is 5.75 Å². The van der Waals surface area contributed by atoms with Gasteiger partial charge in [-0.15, -0.1) is 11.6 Å². The van der Waals surface area contributed by atoms with Crippen LogP contribution < -0.4 is 4.74 Å². The molecule has 0 spiro atoms. The van der Waals surface area contributed by atoms with Crippen molar-refractivity contribution in [3.8, 4) is 5.75 Å². The van der Waals surface area contributed by atoms with Gasteiger partial charge in [-0.1, -0.05) is 30.1 Å². The van der Waals surface area contributed by atoms with Crippen LogP contribution in [0.4, 0.5) is 0 Å². The normalized spacial score (nSPS) is 12.3. The van der Waals surface area contributed by atoms with Crippen LogP contribution in [0.2, 0.25) is 10.0 Å². The molecule has 0 heterocycles. The fraction of sp³-hybridized carbons (Fsp3) is 0.364. The monoisotopic (exact) mass is 280 g/mol. The number of methoxy groups -OCH3 is 1. The van der Waals surface area contributed by atoms with E-state index in [1.165, 1.54) is 19.2 Å². The van der Waals surface area contributed by atoms with Crippen LogP contribution in [0, 0.1) is 0 Å². The largest absolute Gasteiger partial charge is 0.495 e. The molecule has 2 nitrogen and oxygen atoms in total. The van der Waals surface area contributed by atoms with Gasteiger partial charge in [-0.2, -0.15) is 0 Å². The standard InChI is InChI=1S/C11H11Cl3O2/c1-3-7(12)11(15)6-4-10(16-2)9(14)5-8(6)13/h4-5,7H,3H2,1-2H3. The summed E-state index contributed by atoms with van der Waals surface area (Å²) in [6.07, 6.45) is 0.543. The zero-order chi connectivity index (χ0) is 12.3. The first-order valence-corrected chi connectivity index (χ1v) is 5.91. The fourth-order valence-corrected chi connectivity index (χ4v) is 1.90. The summed E-state index contributed by atoms with van der Waals surface area (Å²) in [6.45, 7) is 1.83. The second-order valence-corrected chi connectivity index (χ2v) is 4.55. The molecule has 1 unspecified atom stereocenters. The van der Waals surface area contributed by atoms with Crippen molar-refractivity contribution in [1.29, 1.82) is 0 Å². The van der Waals surface area contributed by atoms with Crippen LogP contribution in [0.25, 0.3) is 0 Å². The highest BCUT2D eigenvalue weighted by atomic mass is 35.5. The maximum Gasteiger partial charge on any atom is 0.182 e. The van der Waals surface area contributed by atoms with E-state index in [0.717, 1.165) is 0 Å². The molecule has 1 rings (SSSR count). The Balaban J connectivity index is 3.18. The Labute approximate surface area is 109 Å². The molecule has 0 N–H and O–H groups in total. The summed E-state index contributed by atoms with van der Waals surface area (Å²) in [5.74, 6) is 0.193. The van der Waals surface area contributed by atoms with E-state index in [9.17, 15) is 4.79 Å². The summed E-state index contributed by atoms with van der Waals surface area (Å²) in [6, 6.07) is 2.99. The molecule has 0 aromatic heterocycles. The minimum absolute atomic E-state index is 0.218. The van der Waals surface area contributed by atoms with E-state index in [1.54, 1.807) is 0 Å². The molecular weight excluding hydrogens is 270 g/mol. The highest BCUT2D eigenvalue weighted by Crippen LogP contribution is 2.32. The summed E-state index contributed by atoms with van der Waals surface area (Å²) < 4.78 is 5.02. The first-order valence-electron chi connectivity index (χ1n) is 4.72. The summed E-state index contributed by atoms with van der Waals surface area (Å²) in [5, 5.41) is 0.0740. The van der Waals surface area contributed by atoms with Gasteiger partial charge in [0, 0.05) is 5.56 Å². The van der Waals surface area contributed by atoms with Crippen molar-refractivity contribution >= 4 is 40.6 Å². The molecule has 0 saturated heterocycles. The fourth-order valence-electron chi connectivity index (χ4n) is 1.23. The van der Waals surface area contributed by atoms with E-state index >= 15 is 0 Å². The zero-order valence-electron chi connectivity index (χ0n) is 8.89. The second-order valence-electron chi connectivity index (χ2n) is 3.21. The van der Waals surface area contributed by atoms with Crippen molar-refractivity contribution < 1.29 is 9.53 Å². The minimum Gasteiger partial charge on any atom is -0.495 e. The van der Waals surface area contributed by atoms with Crippen molar-refractivity contribution in [2.75, 3.05) is 7.11 Å². The maximum absolute atomic E-state index is 11.9. The maximum atomic E-state index is 11.9. The van der Waals surface area contributed by atoms with Crippen molar-refractivity contribution in [1.82, 2.24) is 0 Å². The number of halogens is 3. The zero-order valence-corrected chi connectivity index (χ0v) is 11.2. The molecule has 0 fully saturated rings. The van der Waals surface area contributed by atoms with Gasteiger partial charge in [0.25, 0.3) is 0 Å². The number of hydrogen-bond donors (Lipinski definition) is 0. The van der Waals surface area contributed by atoms with Crippen LogP contribution >= 0.6 is 34.8 Å². The van der Waals surface area contributed by atoms with Gasteiger partial charge in [0.05, 0.1) is 22.5 Å². The van der Waals surface area contributed by atoms with Crippen LogP contribution in [0.3, 0.4) is 0 Å². The average molecular weight is 282 g/mol. The molecule has 1 aromatic carbocycles. The van der Waals surface area contributed by atoms with Crippen LogP contribution in [0.15, 0.2) is 12.1 Å². The molecule has 16 heavy (non-hydrogen) atoms. The average Bonchev–Trinajstić information content (AvgIpc) is 2.27. The Kier molecular flexibility index (Phi) is 4.90. The number of hydrogen-bond acceptors (Lipinski definition) is 2. The van der Waals surface area contributed by atoms with Crippen molar-refractivity contribution in [3.63, 3.8) is 0 Å². The number of alkyl halides is 1. The molecule has 0 aliphatic heterocycles. The lowest BCUT2D eigenvalue weighted by Gasteiger charge is -2.10. The Morgan fingerprint density at radius 2 is 2.00 bits per heavy atom. The second kappa shape index (κ2) is 5.76. The molecule has 5 heteroatoms. The summed E-state index contributed by atoms with van der Waals surface area (Å²) >= 11 is 17.7. The van der Waals surface area contributed by atoms with E-state index in [0.29, 0.717) is 22.8 Å². The van der Waals surface area contributed by atoms with E-state index in [1.807, 2.05) is 6.92 Å². The van der Waals surface area contributed by atoms with E-state index < -0.39 is 5.38 Å². The lowest BCUT2D eigenvalue weighted by molar-refractivity contribution is 0.0985. The number of carbonyl (C=O) groups is 1. The number of rotatable bonds is 4. The van der Waals surface area contributed by atoms with Gasteiger partial charge in [-0.05, 0) is 18.6 Å². The topological polar surface area (TPSA) is 26.3 Å². The molecule has 0 aliphatic rings. The predicted octanol–water partition coefficient (Wildman–Crippen LogP) is 4.20. The van der Waals surface area contributed by atoms with Crippen molar-refractivity contribution in [2.45, 2.75) is 18.7 Å². The quantitative estimate of drug-likeness (QED) is 0.610. The van der Waals surface area contributed by atoms with Gasteiger partial charge in [-0.25, -0.2) is 0 Å². The first kappa shape index (κ1) is 13.6. The third-order valence-electron chi connectivity index (χ3n) is 2.15. The highest BCUT2D eigenvalue weighted by Gasteiger charge is 2.20. The number of ketones is 1. The van der Waals surface area contributed by atoms with Gasteiger partial charge in [0.1, 0.15) is 5.75 Å². The smallest absolute Gasteiger partial charge is 0.182 e. The molecule has 0 amide bonds. The number of Topliss-reactive ketones (excluding diaryl/α,β-unsaturated/α-hetero) is 1. The highest BCUT2D eigenvalue weighted by molar-refractivity contribution is 6.40. The van der Waals surface area contributed by atoms with Gasteiger partial charge >= 0.3 is 0 Å². The third-order valence-corrected chi connectivity index (χ3v) is 3.26. The molecule has 0 aliphatic carbocycles. The lowest BCUT2D eigenvalue weighted by atomic mass is 10.1. The van der Waals surface area contributed by atoms with E-state index in [2.05, 4.69) is 0 Å². The van der Waals surface area contributed by atoms with Gasteiger partial charge in [-0.3, -0.25) is 4.79 Å².